The monoisotopic (exact) mass is 278 g/mol. The van der Waals surface area contributed by atoms with Crippen LogP contribution in [0.3, 0.4) is 0 Å². The summed E-state index contributed by atoms with van der Waals surface area (Å²) >= 11 is 0. The minimum Gasteiger partial charge on any atom is -0.314 e. The van der Waals surface area contributed by atoms with Crippen LogP contribution in [0.25, 0.3) is 11.1 Å². The van der Waals surface area contributed by atoms with Crippen molar-refractivity contribution in [3.8, 4) is 11.1 Å². The van der Waals surface area contributed by atoms with Crippen LogP contribution in [0.5, 0.6) is 0 Å². The third-order valence-corrected chi connectivity index (χ3v) is 4.13. The van der Waals surface area contributed by atoms with Crippen LogP contribution >= 0.6 is 0 Å². The summed E-state index contributed by atoms with van der Waals surface area (Å²) < 4.78 is 0. The van der Waals surface area contributed by atoms with E-state index in [0.717, 1.165) is 26.2 Å². The molecule has 0 amide bonds. The lowest BCUT2D eigenvalue weighted by Gasteiger charge is -2.34. The van der Waals surface area contributed by atoms with Gasteiger partial charge in [-0.25, -0.2) is 0 Å². The highest BCUT2D eigenvalue weighted by atomic mass is 15.2. The molecule has 2 nitrogen and oxygen atoms in total. The summed E-state index contributed by atoms with van der Waals surface area (Å²) in [6.07, 6.45) is 2.08. The van der Waals surface area contributed by atoms with Gasteiger partial charge in [-0.3, -0.25) is 4.90 Å². The third kappa shape index (κ3) is 3.07. The van der Waals surface area contributed by atoms with E-state index >= 15 is 0 Å². The second kappa shape index (κ2) is 6.70. The average molecular weight is 278 g/mol. The van der Waals surface area contributed by atoms with Crippen LogP contribution in [0.4, 0.5) is 0 Å². The lowest BCUT2D eigenvalue weighted by molar-refractivity contribution is 0.204. The summed E-state index contributed by atoms with van der Waals surface area (Å²) in [7, 11) is 0. The lowest BCUT2D eigenvalue weighted by atomic mass is 9.93. The van der Waals surface area contributed by atoms with Gasteiger partial charge in [0.2, 0.25) is 0 Å². The summed E-state index contributed by atoms with van der Waals surface area (Å²) in [6.45, 7) is 8.33. The predicted molar refractivity (Wildman–Crippen MR) is 89.3 cm³/mol. The maximum absolute atomic E-state index is 4.09. The molecule has 21 heavy (non-hydrogen) atoms. The highest BCUT2D eigenvalue weighted by Crippen LogP contribution is 2.32. The number of rotatable bonds is 4. The number of nitrogens with one attached hydrogen (secondary N) is 1. The molecule has 1 aliphatic heterocycles. The quantitative estimate of drug-likeness (QED) is 0.861. The predicted octanol–water partition coefficient (Wildman–Crippen LogP) is 3.49. The fourth-order valence-corrected chi connectivity index (χ4v) is 3.07. The Kier molecular flexibility index (Phi) is 4.49. The molecule has 1 aliphatic rings. The Labute approximate surface area is 127 Å². The Morgan fingerprint density at radius 1 is 0.952 bits per heavy atom. The zero-order valence-corrected chi connectivity index (χ0v) is 12.3. The summed E-state index contributed by atoms with van der Waals surface area (Å²) in [5, 5.41) is 3.42. The molecule has 1 unspecified atom stereocenters. The molecule has 1 N–H and O–H groups in total. The average Bonchev–Trinajstić information content (AvgIpc) is 2.58. The molecule has 0 bridgehead atoms. The van der Waals surface area contributed by atoms with Crippen molar-refractivity contribution >= 4 is 0 Å². The number of hydrogen-bond acceptors (Lipinski definition) is 2. The van der Waals surface area contributed by atoms with Gasteiger partial charge in [-0.15, -0.1) is 6.58 Å². The molecule has 2 aromatic rings. The lowest BCUT2D eigenvalue weighted by Crippen LogP contribution is -2.44. The molecule has 2 heteroatoms. The van der Waals surface area contributed by atoms with Gasteiger partial charge < -0.3 is 5.32 Å². The second-order valence-electron chi connectivity index (χ2n) is 5.42. The van der Waals surface area contributed by atoms with Crippen LogP contribution in [0.15, 0.2) is 67.3 Å². The van der Waals surface area contributed by atoms with Crippen LogP contribution in [0.1, 0.15) is 11.6 Å². The molecular weight excluding hydrogens is 256 g/mol. The number of nitrogens with zero attached hydrogens (tertiary/aromatic N) is 1. The molecule has 0 saturated carbocycles. The highest BCUT2D eigenvalue weighted by Gasteiger charge is 2.21. The van der Waals surface area contributed by atoms with E-state index in [1.165, 1.54) is 16.7 Å². The smallest absolute Gasteiger partial charge is 0.0536 e. The van der Waals surface area contributed by atoms with E-state index in [1.54, 1.807) is 0 Å². The zero-order valence-electron chi connectivity index (χ0n) is 12.3. The first-order valence-electron chi connectivity index (χ1n) is 7.62. The summed E-state index contributed by atoms with van der Waals surface area (Å²) in [5.41, 5.74) is 3.93. The maximum atomic E-state index is 4.09. The third-order valence-electron chi connectivity index (χ3n) is 4.13. The van der Waals surface area contributed by atoms with Crippen molar-refractivity contribution in [2.75, 3.05) is 26.2 Å². The standard InChI is InChI=1S/C19H22N2/c1-2-19(21-14-12-20-13-15-21)18-11-7-6-10-17(18)16-8-4-3-5-9-16/h2-11,19-20H,1,12-15H2. The summed E-state index contributed by atoms with van der Waals surface area (Å²) in [5.74, 6) is 0. The van der Waals surface area contributed by atoms with Crippen LogP contribution in [0.2, 0.25) is 0 Å². The Hall–Kier alpha value is -1.90. The number of piperazine rings is 1. The molecule has 2 aromatic carbocycles. The van der Waals surface area contributed by atoms with Gasteiger partial charge in [-0.1, -0.05) is 60.7 Å². The molecule has 1 atom stereocenters. The molecule has 1 heterocycles. The van der Waals surface area contributed by atoms with Crippen molar-refractivity contribution in [1.82, 2.24) is 10.2 Å². The topological polar surface area (TPSA) is 15.3 Å². The number of hydrogen-bond donors (Lipinski definition) is 1. The van der Waals surface area contributed by atoms with E-state index in [4.69, 9.17) is 0 Å². The van der Waals surface area contributed by atoms with Crippen molar-refractivity contribution in [3.63, 3.8) is 0 Å². The SMILES string of the molecule is C=CC(c1ccccc1-c1ccccc1)N1CCNCC1. The Morgan fingerprint density at radius 3 is 2.33 bits per heavy atom. The second-order valence-corrected chi connectivity index (χ2v) is 5.42. The van der Waals surface area contributed by atoms with Gasteiger partial charge in [0.15, 0.2) is 0 Å². The summed E-state index contributed by atoms with van der Waals surface area (Å²) in [6, 6.07) is 19.6. The number of benzene rings is 2. The van der Waals surface area contributed by atoms with E-state index in [9.17, 15) is 0 Å². The molecule has 108 valence electrons. The Morgan fingerprint density at radius 2 is 1.62 bits per heavy atom. The van der Waals surface area contributed by atoms with E-state index in [2.05, 4.69) is 77.5 Å². The molecular formula is C19H22N2. The zero-order chi connectivity index (χ0) is 14.5. The summed E-state index contributed by atoms with van der Waals surface area (Å²) in [4.78, 5) is 2.51. The molecule has 1 fully saturated rings. The van der Waals surface area contributed by atoms with Gasteiger partial charge >= 0.3 is 0 Å². The molecule has 0 radical (unpaired) electrons. The Balaban J connectivity index is 1.99. The van der Waals surface area contributed by atoms with Crippen molar-refractivity contribution in [1.29, 1.82) is 0 Å². The van der Waals surface area contributed by atoms with Gasteiger partial charge in [0, 0.05) is 26.2 Å². The highest BCUT2D eigenvalue weighted by molar-refractivity contribution is 5.68. The van der Waals surface area contributed by atoms with Crippen molar-refractivity contribution in [2.45, 2.75) is 6.04 Å². The van der Waals surface area contributed by atoms with Crippen molar-refractivity contribution in [3.05, 3.63) is 72.8 Å². The molecule has 0 aromatic heterocycles. The first kappa shape index (κ1) is 14.1. The van der Waals surface area contributed by atoms with E-state index < -0.39 is 0 Å². The fourth-order valence-electron chi connectivity index (χ4n) is 3.07. The van der Waals surface area contributed by atoms with Gasteiger partial charge in [0.05, 0.1) is 6.04 Å². The molecule has 3 rings (SSSR count). The normalized spacial score (nSPS) is 17.3. The first-order valence-corrected chi connectivity index (χ1v) is 7.62. The van der Waals surface area contributed by atoms with Crippen LogP contribution in [0, 0.1) is 0 Å². The maximum Gasteiger partial charge on any atom is 0.0536 e. The van der Waals surface area contributed by atoms with Gasteiger partial charge in [-0.2, -0.15) is 0 Å². The van der Waals surface area contributed by atoms with Crippen LogP contribution < -0.4 is 5.32 Å². The van der Waals surface area contributed by atoms with Gasteiger partial charge in [0.1, 0.15) is 0 Å². The van der Waals surface area contributed by atoms with E-state index in [1.807, 2.05) is 0 Å². The Bertz CT molecular complexity index is 586. The first-order chi connectivity index (χ1) is 10.4. The van der Waals surface area contributed by atoms with E-state index in [-0.39, 0.29) is 6.04 Å². The van der Waals surface area contributed by atoms with E-state index in [0.29, 0.717) is 0 Å². The molecule has 0 spiro atoms. The fraction of sp³-hybridized carbons (Fsp3) is 0.263. The molecule has 0 aliphatic carbocycles. The largest absolute Gasteiger partial charge is 0.314 e. The molecule has 1 saturated heterocycles. The minimum absolute atomic E-state index is 0.281. The van der Waals surface area contributed by atoms with Gasteiger partial charge in [0.25, 0.3) is 0 Å². The van der Waals surface area contributed by atoms with Crippen LogP contribution in [-0.4, -0.2) is 31.1 Å². The van der Waals surface area contributed by atoms with Gasteiger partial charge in [-0.05, 0) is 16.7 Å². The minimum atomic E-state index is 0.281. The van der Waals surface area contributed by atoms with Crippen molar-refractivity contribution in [2.24, 2.45) is 0 Å². The van der Waals surface area contributed by atoms with Crippen molar-refractivity contribution < 1.29 is 0 Å². The van der Waals surface area contributed by atoms with Crippen LogP contribution in [-0.2, 0) is 0 Å².